The molecule has 0 radical (unpaired) electrons. The minimum absolute atomic E-state index is 0.593. The Morgan fingerprint density at radius 2 is 1.79 bits per heavy atom. The van der Waals surface area contributed by atoms with E-state index in [1.807, 2.05) is 55.5 Å². The van der Waals surface area contributed by atoms with Crippen molar-refractivity contribution in [3.05, 3.63) is 48.5 Å². The monoisotopic (exact) mass is 402 g/mol. The highest BCUT2D eigenvalue weighted by atomic mass is 32.1. The Bertz CT molecular complexity index is 749. The van der Waals surface area contributed by atoms with Crippen molar-refractivity contribution in [3.8, 4) is 17.2 Å². The summed E-state index contributed by atoms with van der Waals surface area (Å²) in [5.74, 6) is 2.29. The third-order valence-corrected chi connectivity index (χ3v) is 4.71. The number of morpholine rings is 1. The Kier molecular flexibility index (Phi) is 7.90. The van der Waals surface area contributed by atoms with Crippen LogP contribution in [0.2, 0.25) is 0 Å². The normalized spacial score (nSPS) is 14.3. The average Bonchev–Trinajstić information content (AvgIpc) is 2.72. The van der Waals surface area contributed by atoms with Crippen LogP contribution in [0.4, 0.5) is 5.69 Å². The Morgan fingerprint density at radius 3 is 2.54 bits per heavy atom. The van der Waals surface area contributed by atoms with Gasteiger partial charge in [0.05, 0.1) is 38.6 Å². The van der Waals surface area contributed by atoms with Crippen LogP contribution >= 0.6 is 12.2 Å². The van der Waals surface area contributed by atoms with Gasteiger partial charge in [-0.1, -0.05) is 12.1 Å². The Balaban J connectivity index is 1.51. The Labute approximate surface area is 171 Å². The van der Waals surface area contributed by atoms with Gasteiger partial charge in [0.15, 0.2) is 10.9 Å². The lowest BCUT2D eigenvalue weighted by Gasteiger charge is -2.24. The fourth-order valence-electron chi connectivity index (χ4n) is 2.99. The fraction of sp³-hybridized carbons (Fsp3) is 0.381. The summed E-state index contributed by atoms with van der Waals surface area (Å²) >= 11 is 5.45. The summed E-state index contributed by atoms with van der Waals surface area (Å²) in [7, 11) is 0. The van der Waals surface area contributed by atoms with Gasteiger partial charge in [0.25, 0.3) is 0 Å². The summed E-state index contributed by atoms with van der Waals surface area (Å²) in [6, 6.07) is 15.3. The molecule has 2 aromatic rings. The number of benzene rings is 2. The summed E-state index contributed by atoms with van der Waals surface area (Å²) in [6.07, 6.45) is 0. The number of nitrogens with one attached hydrogen (secondary N) is 3. The van der Waals surface area contributed by atoms with Crippen LogP contribution in [0.25, 0.3) is 0 Å². The molecule has 0 aromatic heterocycles. The van der Waals surface area contributed by atoms with Crippen LogP contribution in [0, 0.1) is 0 Å². The van der Waals surface area contributed by atoms with E-state index in [0.717, 1.165) is 62.3 Å². The molecule has 2 aromatic carbocycles. The maximum atomic E-state index is 6.02. The maximum absolute atomic E-state index is 6.02. The molecule has 1 aliphatic rings. The lowest BCUT2D eigenvalue weighted by Crippen LogP contribution is -3.14. The van der Waals surface area contributed by atoms with Crippen molar-refractivity contribution in [2.75, 3.05) is 51.3 Å². The van der Waals surface area contributed by atoms with Crippen LogP contribution < -0.4 is 25.0 Å². The number of para-hydroxylation sites is 2. The Morgan fingerprint density at radius 1 is 1.07 bits per heavy atom. The van der Waals surface area contributed by atoms with Gasteiger partial charge in [0, 0.05) is 0 Å². The molecule has 150 valence electrons. The van der Waals surface area contributed by atoms with Gasteiger partial charge in [-0.05, 0) is 55.5 Å². The molecule has 0 aliphatic carbocycles. The highest BCUT2D eigenvalue weighted by Crippen LogP contribution is 2.30. The molecule has 0 bridgehead atoms. The number of hydrogen-bond acceptors (Lipinski definition) is 4. The molecule has 6 nitrogen and oxygen atoms in total. The standard InChI is InChI=1S/C21H27N3O3S/c1-2-26-17-7-9-18(10-8-17)27-20-6-4-3-5-19(20)23-21(28)22-11-12-24-13-15-25-16-14-24/h3-10H,2,11-16H2,1H3,(H2,22,23,28)/p+1. The third-order valence-electron chi connectivity index (χ3n) is 4.46. The van der Waals surface area contributed by atoms with Crippen LogP contribution in [0.15, 0.2) is 48.5 Å². The van der Waals surface area contributed by atoms with E-state index in [4.69, 9.17) is 26.4 Å². The molecule has 3 N–H and O–H groups in total. The van der Waals surface area contributed by atoms with Crippen LogP contribution in [-0.4, -0.2) is 51.1 Å². The quantitative estimate of drug-likeness (QED) is 0.588. The first-order valence-electron chi connectivity index (χ1n) is 9.70. The summed E-state index contributed by atoms with van der Waals surface area (Å²) < 4.78 is 16.9. The van der Waals surface area contributed by atoms with E-state index in [9.17, 15) is 0 Å². The van der Waals surface area contributed by atoms with E-state index >= 15 is 0 Å². The van der Waals surface area contributed by atoms with E-state index in [0.29, 0.717) is 11.7 Å². The summed E-state index contributed by atoms with van der Waals surface area (Å²) in [5, 5.41) is 7.11. The van der Waals surface area contributed by atoms with Crippen LogP contribution in [0.3, 0.4) is 0 Å². The molecular formula is C21H28N3O3S+. The number of hydrogen-bond donors (Lipinski definition) is 3. The number of anilines is 1. The number of thiocarbonyl (C=S) groups is 1. The third kappa shape index (κ3) is 6.37. The highest BCUT2D eigenvalue weighted by molar-refractivity contribution is 7.80. The molecule has 1 heterocycles. The highest BCUT2D eigenvalue weighted by Gasteiger charge is 2.13. The second kappa shape index (κ2) is 10.8. The van der Waals surface area contributed by atoms with Gasteiger partial charge >= 0.3 is 0 Å². The van der Waals surface area contributed by atoms with E-state index < -0.39 is 0 Å². The molecule has 7 heteroatoms. The lowest BCUT2D eigenvalue weighted by molar-refractivity contribution is -0.906. The topological polar surface area (TPSA) is 56.2 Å². The first kappa shape index (κ1) is 20.4. The molecule has 0 amide bonds. The molecule has 0 atom stereocenters. The van der Waals surface area contributed by atoms with Gasteiger partial charge in [0.1, 0.15) is 24.6 Å². The van der Waals surface area contributed by atoms with Crippen molar-refractivity contribution < 1.29 is 19.1 Å². The minimum Gasteiger partial charge on any atom is -0.494 e. The van der Waals surface area contributed by atoms with Crippen LogP contribution in [0.5, 0.6) is 17.2 Å². The summed E-state index contributed by atoms with van der Waals surface area (Å²) in [6.45, 7) is 8.25. The minimum atomic E-state index is 0.593. The van der Waals surface area contributed by atoms with E-state index in [1.165, 1.54) is 0 Å². The number of quaternary nitrogens is 1. The zero-order chi connectivity index (χ0) is 19.6. The second-order valence-electron chi connectivity index (χ2n) is 6.50. The summed E-state index contributed by atoms with van der Waals surface area (Å²) in [4.78, 5) is 1.54. The van der Waals surface area contributed by atoms with Gasteiger partial charge in [-0.15, -0.1) is 0 Å². The first-order valence-corrected chi connectivity index (χ1v) is 10.1. The van der Waals surface area contributed by atoms with Crippen molar-refractivity contribution in [2.45, 2.75) is 6.92 Å². The number of rotatable bonds is 8. The van der Waals surface area contributed by atoms with Gasteiger partial charge in [-0.3, -0.25) is 0 Å². The van der Waals surface area contributed by atoms with Crippen molar-refractivity contribution >= 4 is 23.0 Å². The van der Waals surface area contributed by atoms with Crippen molar-refractivity contribution in [3.63, 3.8) is 0 Å². The van der Waals surface area contributed by atoms with Crippen LogP contribution in [-0.2, 0) is 4.74 Å². The second-order valence-corrected chi connectivity index (χ2v) is 6.90. The van der Waals surface area contributed by atoms with Crippen molar-refractivity contribution in [2.24, 2.45) is 0 Å². The van der Waals surface area contributed by atoms with E-state index in [-0.39, 0.29) is 0 Å². The van der Waals surface area contributed by atoms with Crippen molar-refractivity contribution in [1.82, 2.24) is 5.32 Å². The van der Waals surface area contributed by atoms with Gasteiger partial charge in [-0.25, -0.2) is 0 Å². The number of ether oxygens (including phenoxy) is 3. The molecular weight excluding hydrogens is 374 g/mol. The lowest BCUT2D eigenvalue weighted by atomic mass is 10.3. The summed E-state index contributed by atoms with van der Waals surface area (Å²) in [5.41, 5.74) is 0.826. The Hall–Kier alpha value is -2.35. The average molecular weight is 403 g/mol. The van der Waals surface area contributed by atoms with E-state index in [1.54, 1.807) is 4.90 Å². The molecule has 1 fully saturated rings. The molecule has 3 rings (SSSR count). The largest absolute Gasteiger partial charge is 0.494 e. The van der Waals surface area contributed by atoms with E-state index in [2.05, 4.69) is 10.6 Å². The predicted molar refractivity (Wildman–Crippen MR) is 115 cm³/mol. The molecule has 0 unspecified atom stereocenters. The SMILES string of the molecule is CCOc1ccc(Oc2ccccc2NC(=S)NCC[NH+]2CCOCC2)cc1. The zero-order valence-electron chi connectivity index (χ0n) is 16.2. The molecule has 1 aliphatic heterocycles. The van der Waals surface area contributed by atoms with Gasteiger partial charge < -0.3 is 29.7 Å². The van der Waals surface area contributed by atoms with Crippen LogP contribution in [0.1, 0.15) is 6.92 Å². The molecule has 28 heavy (non-hydrogen) atoms. The smallest absolute Gasteiger partial charge is 0.171 e. The van der Waals surface area contributed by atoms with Crippen molar-refractivity contribution in [1.29, 1.82) is 0 Å². The molecule has 0 saturated carbocycles. The molecule has 0 spiro atoms. The zero-order valence-corrected chi connectivity index (χ0v) is 17.0. The fourth-order valence-corrected chi connectivity index (χ4v) is 3.20. The van der Waals surface area contributed by atoms with Gasteiger partial charge in [0.2, 0.25) is 0 Å². The predicted octanol–water partition coefficient (Wildman–Crippen LogP) is 2.08. The maximum Gasteiger partial charge on any atom is 0.171 e. The van der Waals surface area contributed by atoms with Gasteiger partial charge in [-0.2, -0.15) is 0 Å². The first-order chi connectivity index (χ1) is 13.7. The molecule has 1 saturated heterocycles.